The molecule has 4 nitrogen and oxygen atoms in total. The molecule has 1 amide bonds. The van der Waals surface area contributed by atoms with Crippen molar-refractivity contribution in [2.75, 3.05) is 13.6 Å². The van der Waals surface area contributed by atoms with Crippen molar-refractivity contribution in [3.05, 3.63) is 0 Å². The highest BCUT2D eigenvalue weighted by atomic mass is 16.1. The fourth-order valence-corrected chi connectivity index (χ4v) is 1.33. The van der Waals surface area contributed by atoms with Gasteiger partial charge in [-0.3, -0.25) is 9.69 Å². The molecule has 2 unspecified atom stereocenters. The maximum atomic E-state index is 10.9. The van der Waals surface area contributed by atoms with Gasteiger partial charge in [0.25, 0.3) is 0 Å². The van der Waals surface area contributed by atoms with E-state index in [0.29, 0.717) is 13.0 Å². The number of primary amides is 1. The Bertz CT molecular complexity index is 209. The van der Waals surface area contributed by atoms with E-state index in [0.717, 1.165) is 0 Å². The number of likely N-dealkylation sites (N-methyl/N-ethyl adjacent to an activating group) is 1. The molecule has 0 aromatic heterocycles. The van der Waals surface area contributed by atoms with Gasteiger partial charge in [-0.05, 0) is 20.4 Å². The molecule has 0 radical (unpaired) electrons. The summed E-state index contributed by atoms with van der Waals surface area (Å²) in [5, 5.41) is 8.58. The van der Waals surface area contributed by atoms with Gasteiger partial charge in [-0.15, -0.1) is 0 Å². The summed E-state index contributed by atoms with van der Waals surface area (Å²) in [6.07, 6.45) is 0.685. The van der Waals surface area contributed by atoms with Crippen LogP contribution in [0.5, 0.6) is 0 Å². The van der Waals surface area contributed by atoms with Gasteiger partial charge in [-0.25, -0.2) is 0 Å². The van der Waals surface area contributed by atoms with Gasteiger partial charge < -0.3 is 5.73 Å². The number of nitrogens with zero attached hydrogens (tertiary/aromatic N) is 2. The van der Waals surface area contributed by atoms with Crippen molar-refractivity contribution in [1.82, 2.24) is 4.90 Å². The van der Waals surface area contributed by atoms with Crippen LogP contribution >= 0.6 is 0 Å². The zero-order valence-electron chi connectivity index (χ0n) is 8.45. The zero-order chi connectivity index (χ0) is 10.4. The molecule has 0 aliphatic carbocycles. The van der Waals surface area contributed by atoms with Gasteiger partial charge in [-0.2, -0.15) is 5.26 Å². The molecule has 0 saturated heterocycles. The number of rotatable bonds is 5. The van der Waals surface area contributed by atoms with Crippen LogP contribution in [0.2, 0.25) is 0 Å². The fraction of sp³-hybridized carbons (Fsp3) is 0.778. The van der Waals surface area contributed by atoms with E-state index in [9.17, 15) is 4.79 Å². The van der Waals surface area contributed by atoms with Crippen molar-refractivity contribution in [1.29, 1.82) is 5.26 Å². The minimum atomic E-state index is -0.324. The SMILES string of the molecule is CCC(C(N)=O)N(C)CC(C)C#N. The lowest BCUT2D eigenvalue weighted by atomic mass is 10.1. The molecule has 2 N–H and O–H groups in total. The third-order valence-corrected chi connectivity index (χ3v) is 2.03. The standard InChI is InChI=1S/C9H17N3O/c1-4-8(9(11)13)12(3)6-7(2)5-10/h7-8H,4,6H2,1-3H3,(H2,11,13). The molecular weight excluding hydrogens is 166 g/mol. The smallest absolute Gasteiger partial charge is 0.234 e. The minimum Gasteiger partial charge on any atom is -0.368 e. The second-order valence-electron chi connectivity index (χ2n) is 3.30. The van der Waals surface area contributed by atoms with Crippen LogP contribution in [0.25, 0.3) is 0 Å². The van der Waals surface area contributed by atoms with Gasteiger partial charge >= 0.3 is 0 Å². The predicted octanol–water partition coefficient (Wildman–Crippen LogP) is 0.342. The molecule has 0 bridgehead atoms. The van der Waals surface area contributed by atoms with Crippen molar-refractivity contribution in [3.63, 3.8) is 0 Å². The number of nitrogens with two attached hydrogens (primary N) is 1. The monoisotopic (exact) mass is 183 g/mol. The Morgan fingerprint density at radius 2 is 2.23 bits per heavy atom. The number of hydrogen-bond donors (Lipinski definition) is 1. The van der Waals surface area contributed by atoms with Crippen LogP contribution in [-0.2, 0) is 4.79 Å². The topological polar surface area (TPSA) is 70.1 Å². The van der Waals surface area contributed by atoms with E-state index in [1.165, 1.54) is 0 Å². The zero-order valence-corrected chi connectivity index (χ0v) is 8.45. The summed E-state index contributed by atoms with van der Waals surface area (Å²) in [5.41, 5.74) is 5.20. The van der Waals surface area contributed by atoms with Crippen LogP contribution in [0.3, 0.4) is 0 Å². The summed E-state index contributed by atoms with van der Waals surface area (Å²) in [5.74, 6) is -0.395. The van der Waals surface area contributed by atoms with E-state index in [-0.39, 0.29) is 17.9 Å². The maximum absolute atomic E-state index is 10.9. The van der Waals surface area contributed by atoms with Crippen LogP contribution in [0.4, 0.5) is 0 Å². The largest absolute Gasteiger partial charge is 0.368 e. The first-order valence-corrected chi connectivity index (χ1v) is 4.42. The molecule has 0 aliphatic heterocycles. The Hall–Kier alpha value is -1.08. The third-order valence-electron chi connectivity index (χ3n) is 2.03. The average molecular weight is 183 g/mol. The van der Waals surface area contributed by atoms with Crippen molar-refractivity contribution >= 4 is 5.91 Å². The summed E-state index contributed by atoms with van der Waals surface area (Å²) < 4.78 is 0. The number of hydrogen-bond acceptors (Lipinski definition) is 3. The molecule has 74 valence electrons. The number of amides is 1. The van der Waals surface area contributed by atoms with E-state index in [1.807, 2.05) is 25.8 Å². The molecular formula is C9H17N3O. The molecule has 0 heterocycles. The van der Waals surface area contributed by atoms with Crippen molar-refractivity contribution in [2.45, 2.75) is 26.3 Å². The van der Waals surface area contributed by atoms with Gasteiger partial charge in [0, 0.05) is 6.54 Å². The summed E-state index contributed by atoms with van der Waals surface area (Å²) in [6, 6.07) is 1.87. The highest BCUT2D eigenvalue weighted by Crippen LogP contribution is 2.04. The molecule has 0 aromatic rings. The first-order valence-electron chi connectivity index (χ1n) is 4.42. The van der Waals surface area contributed by atoms with Gasteiger partial charge in [0.15, 0.2) is 0 Å². The minimum absolute atomic E-state index is 0.0709. The predicted molar refractivity (Wildman–Crippen MR) is 50.7 cm³/mol. The Kier molecular flexibility index (Phi) is 5.09. The fourth-order valence-electron chi connectivity index (χ4n) is 1.33. The highest BCUT2D eigenvalue weighted by Gasteiger charge is 2.19. The number of nitriles is 1. The van der Waals surface area contributed by atoms with Crippen LogP contribution in [0.1, 0.15) is 20.3 Å². The lowest BCUT2D eigenvalue weighted by Crippen LogP contribution is -2.43. The molecule has 0 spiro atoms. The molecule has 2 atom stereocenters. The summed E-state index contributed by atoms with van der Waals surface area (Å²) in [6.45, 7) is 4.31. The number of carbonyl (C=O) groups excluding carboxylic acids is 1. The quantitative estimate of drug-likeness (QED) is 0.668. The second-order valence-corrected chi connectivity index (χ2v) is 3.30. The van der Waals surface area contributed by atoms with Crippen LogP contribution in [0, 0.1) is 17.2 Å². The molecule has 0 fully saturated rings. The molecule has 0 saturated carbocycles. The van der Waals surface area contributed by atoms with Crippen LogP contribution < -0.4 is 5.73 Å². The maximum Gasteiger partial charge on any atom is 0.234 e. The van der Waals surface area contributed by atoms with E-state index in [2.05, 4.69) is 6.07 Å². The van der Waals surface area contributed by atoms with Crippen molar-refractivity contribution in [2.24, 2.45) is 11.7 Å². The van der Waals surface area contributed by atoms with Gasteiger partial charge in [0.2, 0.25) is 5.91 Å². The average Bonchev–Trinajstić information content (AvgIpc) is 2.04. The lowest BCUT2D eigenvalue weighted by Gasteiger charge is -2.24. The molecule has 4 heteroatoms. The van der Waals surface area contributed by atoms with Crippen LogP contribution in [0.15, 0.2) is 0 Å². The highest BCUT2D eigenvalue weighted by molar-refractivity contribution is 5.79. The van der Waals surface area contributed by atoms with Crippen molar-refractivity contribution < 1.29 is 4.79 Å². The van der Waals surface area contributed by atoms with Gasteiger partial charge in [0.05, 0.1) is 18.0 Å². The lowest BCUT2D eigenvalue weighted by molar-refractivity contribution is -0.122. The molecule has 0 aromatic carbocycles. The molecule has 0 rings (SSSR count). The van der Waals surface area contributed by atoms with E-state index in [4.69, 9.17) is 11.0 Å². The summed E-state index contributed by atoms with van der Waals surface area (Å²) in [4.78, 5) is 12.8. The number of carbonyl (C=O) groups is 1. The molecule has 0 aliphatic rings. The normalized spacial score (nSPS) is 15.0. The Balaban J connectivity index is 4.15. The first kappa shape index (κ1) is 11.9. The Morgan fingerprint density at radius 3 is 2.54 bits per heavy atom. The van der Waals surface area contributed by atoms with Gasteiger partial charge in [0.1, 0.15) is 0 Å². The summed E-state index contributed by atoms with van der Waals surface area (Å²) >= 11 is 0. The van der Waals surface area contributed by atoms with Gasteiger partial charge in [-0.1, -0.05) is 6.92 Å². The Labute approximate surface area is 79.3 Å². The third kappa shape index (κ3) is 3.90. The summed E-state index contributed by atoms with van der Waals surface area (Å²) in [7, 11) is 1.81. The van der Waals surface area contributed by atoms with Crippen molar-refractivity contribution in [3.8, 4) is 6.07 Å². The van der Waals surface area contributed by atoms with E-state index >= 15 is 0 Å². The van der Waals surface area contributed by atoms with E-state index in [1.54, 1.807) is 0 Å². The Morgan fingerprint density at radius 1 is 1.69 bits per heavy atom. The second kappa shape index (κ2) is 5.55. The molecule has 13 heavy (non-hydrogen) atoms. The first-order chi connectivity index (χ1) is 6.02. The van der Waals surface area contributed by atoms with E-state index < -0.39 is 0 Å². The van der Waals surface area contributed by atoms with Crippen LogP contribution in [-0.4, -0.2) is 30.4 Å².